The maximum Gasteiger partial charge on any atom is 0.0635 e. The first-order chi connectivity index (χ1) is 16.1. The normalized spacial score (nSPS) is 19.7. The summed E-state index contributed by atoms with van der Waals surface area (Å²) in [5, 5.41) is 11.8. The van der Waals surface area contributed by atoms with E-state index in [-0.39, 0.29) is 12.6 Å². The van der Waals surface area contributed by atoms with E-state index in [1.807, 2.05) is 6.07 Å². The Bertz CT molecular complexity index is 1090. The highest BCUT2D eigenvalue weighted by molar-refractivity contribution is 6.31. The maximum absolute atomic E-state index is 9.77. The zero-order chi connectivity index (χ0) is 22.8. The average Bonchev–Trinajstić information content (AvgIpc) is 3.47. The second-order valence-corrected chi connectivity index (χ2v) is 9.97. The van der Waals surface area contributed by atoms with Gasteiger partial charge in [0.1, 0.15) is 0 Å². The maximum atomic E-state index is 9.77. The number of aromatic nitrogens is 1. The Labute approximate surface area is 201 Å². The number of fused-ring (bicyclic) bond motifs is 1. The number of piperazine rings is 1. The first kappa shape index (κ1) is 22.6. The Kier molecular flexibility index (Phi) is 6.81. The van der Waals surface area contributed by atoms with Gasteiger partial charge < -0.3 is 19.9 Å². The van der Waals surface area contributed by atoms with Crippen LogP contribution in [0.1, 0.15) is 30.4 Å². The van der Waals surface area contributed by atoms with Gasteiger partial charge in [-0.25, -0.2) is 0 Å². The van der Waals surface area contributed by atoms with Crippen molar-refractivity contribution < 1.29 is 5.11 Å². The summed E-state index contributed by atoms with van der Waals surface area (Å²) in [7, 11) is 0. The molecule has 0 bridgehead atoms. The monoisotopic (exact) mass is 466 g/mol. The Balaban J connectivity index is 1.16. The highest BCUT2D eigenvalue weighted by Gasteiger charge is 2.27. The minimum absolute atomic E-state index is 0.244. The molecule has 0 spiro atoms. The highest BCUT2D eigenvalue weighted by atomic mass is 35.5. The number of benzene rings is 2. The Morgan fingerprint density at radius 3 is 2.70 bits per heavy atom. The molecule has 176 valence electrons. The summed E-state index contributed by atoms with van der Waals surface area (Å²) in [6.45, 7) is 9.01. The molecular weight excluding hydrogens is 432 g/mol. The van der Waals surface area contributed by atoms with E-state index in [0.29, 0.717) is 0 Å². The van der Waals surface area contributed by atoms with Crippen molar-refractivity contribution in [3.05, 3.63) is 58.7 Å². The Morgan fingerprint density at radius 1 is 1.06 bits per heavy atom. The molecule has 0 amide bonds. The zero-order valence-corrected chi connectivity index (χ0v) is 20.3. The fourth-order valence-electron chi connectivity index (χ4n) is 5.67. The quantitative estimate of drug-likeness (QED) is 0.522. The van der Waals surface area contributed by atoms with Crippen molar-refractivity contribution >= 4 is 33.9 Å². The summed E-state index contributed by atoms with van der Waals surface area (Å²) in [6.07, 6.45) is 6.62. The van der Waals surface area contributed by atoms with Gasteiger partial charge in [-0.1, -0.05) is 17.7 Å². The number of anilines is 2. The van der Waals surface area contributed by atoms with E-state index in [0.717, 1.165) is 63.6 Å². The van der Waals surface area contributed by atoms with Crippen molar-refractivity contribution in [2.24, 2.45) is 0 Å². The molecule has 2 aliphatic heterocycles. The molecule has 3 heterocycles. The molecule has 1 atom stereocenters. The van der Waals surface area contributed by atoms with Crippen LogP contribution in [0, 0.1) is 6.92 Å². The highest BCUT2D eigenvalue weighted by Crippen LogP contribution is 2.34. The van der Waals surface area contributed by atoms with E-state index in [2.05, 4.69) is 63.1 Å². The smallest absolute Gasteiger partial charge is 0.0635 e. The number of nitrogens with one attached hydrogen (secondary N) is 1. The predicted molar refractivity (Wildman–Crippen MR) is 139 cm³/mol. The lowest BCUT2D eigenvalue weighted by Gasteiger charge is -2.38. The summed E-state index contributed by atoms with van der Waals surface area (Å²) >= 11 is 6.20. The van der Waals surface area contributed by atoms with Crippen LogP contribution in [0.5, 0.6) is 0 Å². The zero-order valence-electron chi connectivity index (χ0n) is 19.6. The molecule has 1 aromatic heterocycles. The second kappa shape index (κ2) is 9.96. The van der Waals surface area contributed by atoms with Gasteiger partial charge in [0.05, 0.1) is 12.6 Å². The van der Waals surface area contributed by atoms with Gasteiger partial charge in [0.25, 0.3) is 0 Å². The van der Waals surface area contributed by atoms with Gasteiger partial charge in [0, 0.05) is 66.2 Å². The molecule has 2 saturated heterocycles. The van der Waals surface area contributed by atoms with E-state index in [1.165, 1.54) is 39.8 Å². The molecule has 5 nitrogen and oxygen atoms in total. The van der Waals surface area contributed by atoms with Gasteiger partial charge in [-0.2, -0.15) is 0 Å². The van der Waals surface area contributed by atoms with E-state index < -0.39 is 0 Å². The third-order valence-electron chi connectivity index (χ3n) is 7.54. The molecule has 33 heavy (non-hydrogen) atoms. The number of aryl methyl sites for hydroxylation is 1. The molecular formula is C27H35ClN4O. The van der Waals surface area contributed by atoms with Crippen molar-refractivity contribution in [2.45, 2.75) is 38.6 Å². The largest absolute Gasteiger partial charge is 0.394 e. The molecule has 5 rings (SSSR count). The minimum atomic E-state index is 0.244. The van der Waals surface area contributed by atoms with Crippen LogP contribution in [0.4, 0.5) is 11.4 Å². The van der Waals surface area contributed by atoms with Gasteiger partial charge in [-0.3, -0.25) is 4.90 Å². The minimum Gasteiger partial charge on any atom is -0.394 e. The number of hydrogen-bond donors (Lipinski definition) is 2. The standard InChI is InChI=1S/C27H35ClN4O/c1-20-26(7-2-8-27(20)32-12-4-6-23(32)19-33)31-15-13-30(14-16-31)11-3-5-21-18-29-25-10-9-22(28)17-24(21)25/h2,7-10,17-18,23,29,33H,3-6,11-16,19H2,1H3. The first-order valence-electron chi connectivity index (χ1n) is 12.3. The van der Waals surface area contributed by atoms with Gasteiger partial charge in [0.2, 0.25) is 0 Å². The van der Waals surface area contributed by atoms with Crippen molar-refractivity contribution in [3.63, 3.8) is 0 Å². The summed E-state index contributed by atoms with van der Waals surface area (Å²) in [6, 6.07) is 13.0. The number of halogens is 1. The molecule has 2 N–H and O–H groups in total. The molecule has 0 radical (unpaired) electrons. The van der Waals surface area contributed by atoms with Gasteiger partial charge in [-0.05, 0) is 80.6 Å². The fourth-order valence-corrected chi connectivity index (χ4v) is 5.84. The van der Waals surface area contributed by atoms with Crippen LogP contribution in [0.15, 0.2) is 42.6 Å². The van der Waals surface area contributed by atoms with Crippen LogP contribution in [0.2, 0.25) is 5.02 Å². The first-order valence-corrected chi connectivity index (χ1v) is 12.7. The number of aliphatic hydroxyl groups excluding tert-OH is 1. The Hall–Kier alpha value is -2.21. The van der Waals surface area contributed by atoms with Crippen LogP contribution in [0.25, 0.3) is 10.9 Å². The predicted octanol–water partition coefficient (Wildman–Crippen LogP) is 4.85. The van der Waals surface area contributed by atoms with Gasteiger partial charge in [0.15, 0.2) is 0 Å². The van der Waals surface area contributed by atoms with Crippen LogP contribution >= 0.6 is 11.6 Å². The number of nitrogens with zero attached hydrogens (tertiary/aromatic N) is 3. The fraction of sp³-hybridized carbons (Fsp3) is 0.481. The van der Waals surface area contributed by atoms with Crippen LogP contribution in [-0.4, -0.2) is 66.9 Å². The number of aromatic amines is 1. The summed E-state index contributed by atoms with van der Waals surface area (Å²) in [5.41, 5.74) is 6.53. The molecule has 0 aliphatic carbocycles. The number of aliphatic hydroxyl groups is 1. The van der Waals surface area contributed by atoms with Crippen LogP contribution < -0.4 is 9.80 Å². The topological polar surface area (TPSA) is 45.7 Å². The molecule has 0 saturated carbocycles. The van der Waals surface area contributed by atoms with Crippen LogP contribution in [-0.2, 0) is 6.42 Å². The van der Waals surface area contributed by atoms with Crippen LogP contribution in [0.3, 0.4) is 0 Å². The third kappa shape index (κ3) is 4.72. The van der Waals surface area contributed by atoms with E-state index >= 15 is 0 Å². The second-order valence-electron chi connectivity index (χ2n) is 9.53. The van der Waals surface area contributed by atoms with E-state index in [9.17, 15) is 5.11 Å². The third-order valence-corrected chi connectivity index (χ3v) is 7.77. The molecule has 1 unspecified atom stereocenters. The SMILES string of the molecule is Cc1c(N2CCN(CCCc3c[nH]c4ccc(Cl)cc34)CC2)cccc1N1CCCC1CO. The van der Waals surface area contributed by atoms with E-state index in [4.69, 9.17) is 11.6 Å². The van der Waals surface area contributed by atoms with Crippen molar-refractivity contribution in [1.82, 2.24) is 9.88 Å². The van der Waals surface area contributed by atoms with Crippen molar-refractivity contribution in [3.8, 4) is 0 Å². The van der Waals surface area contributed by atoms with Gasteiger partial charge >= 0.3 is 0 Å². The summed E-state index contributed by atoms with van der Waals surface area (Å²) in [4.78, 5) is 10.9. The number of H-pyrrole nitrogens is 1. The van der Waals surface area contributed by atoms with Crippen molar-refractivity contribution in [1.29, 1.82) is 0 Å². The lowest BCUT2D eigenvalue weighted by atomic mass is 10.1. The molecule has 3 aromatic rings. The molecule has 2 fully saturated rings. The van der Waals surface area contributed by atoms with E-state index in [1.54, 1.807) is 0 Å². The number of hydrogen-bond acceptors (Lipinski definition) is 4. The molecule has 6 heteroatoms. The summed E-state index contributed by atoms with van der Waals surface area (Å²) < 4.78 is 0. The molecule has 2 aliphatic rings. The number of rotatable bonds is 7. The van der Waals surface area contributed by atoms with Crippen molar-refractivity contribution in [2.75, 3.05) is 55.7 Å². The Morgan fingerprint density at radius 2 is 1.88 bits per heavy atom. The average molecular weight is 467 g/mol. The summed E-state index contributed by atoms with van der Waals surface area (Å²) in [5.74, 6) is 0. The lowest BCUT2D eigenvalue weighted by molar-refractivity contribution is 0.255. The lowest BCUT2D eigenvalue weighted by Crippen LogP contribution is -2.47. The van der Waals surface area contributed by atoms with Gasteiger partial charge in [-0.15, -0.1) is 0 Å². The molecule has 2 aromatic carbocycles.